The molecule has 3 atom stereocenters. The summed E-state index contributed by atoms with van der Waals surface area (Å²) in [7, 11) is 0. The molecule has 6 amide bonds. The molecular weight excluding hydrogens is 1030 g/mol. The molecule has 5 aliphatic rings. The molecule has 0 aromatic rings. The molecular formula is C54H97N9O10S3+2. The predicted molar refractivity (Wildman–Crippen MR) is 302 cm³/mol. The van der Waals surface area contributed by atoms with Crippen molar-refractivity contribution in [2.24, 2.45) is 0 Å². The van der Waals surface area contributed by atoms with E-state index in [0.717, 1.165) is 61.5 Å². The number of rotatable bonds is 20. The van der Waals surface area contributed by atoms with E-state index in [2.05, 4.69) is 10.6 Å². The van der Waals surface area contributed by atoms with Crippen LogP contribution in [0.25, 0.3) is 0 Å². The summed E-state index contributed by atoms with van der Waals surface area (Å²) in [6, 6.07) is -0.864. The van der Waals surface area contributed by atoms with Gasteiger partial charge in [-0.25, -0.2) is 0 Å². The Morgan fingerprint density at radius 1 is 0.579 bits per heavy atom. The molecule has 5 rings (SSSR count). The van der Waals surface area contributed by atoms with Crippen LogP contribution in [0.1, 0.15) is 194 Å². The first-order valence-electron chi connectivity index (χ1n) is 27.0. The molecule has 0 aliphatic carbocycles. The van der Waals surface area contributed by atoms with Gasteiger partial charge in [0.05, 0.1) is 22.3 Å². The number of amides is 6. The Kier molecular flexibility index (Phi) is 24.3. The molecule has 5 heterocycles. The minimum Gasteiger partial charge on any atom is -0.353 e. The number of piperidine rings is 3. The highest BCUT2D eigenvalue weighted by Gasteiger charge is 2.53. The minimum atomic E-state index is -0.571. The lowest BCUT2D eigenvalue weighted by Gasteiger charge is -2.52. The number of ketones is 1. The fourth-order valence-electron chi connectivity index (χ4n) is 11.9. The number of hydrogen-bond donors (Lipinski definition) is 7. The van der Waals surface area contributed by atoms with Crippen molar-refractivity contribution in [3.63, 3.8) is 0 Å². The number of likely N-dealkylation sites (tertiary alicyclic amines) is 2. The number of nitrogens with two attached hydrogens (primary N) is 2. The summed E-state index contributed by atoms with van der Waals surface area (Å²) < 4.78 is 0. The zero-order valence-electron chi connectivity index (χ0n) is 48.8. The fourth-order valence-corrected chi connectivity index (χ4v) is 14.9. The Bertz CT molecular complexity index is 2070. The van der Waals surface area contributed by atoms with Gasteiger partial charge in [0.1, 0.15) is 11.4 Å². The predicted octanol–water partition coefficient (Wildman–Crippen LogP) is 4.25. The van der Waals surface area contributed by atoms with Crippen LogP contribution < -0.4 is 21.5 Å². The molecule has 0 bridgehead atoms. The van der Waals surface area contributed by atoms with Crippen molar-refractivity contribution >= 4 is 87.9 Å². The van der Waals surface area contributed by atoms with E-state index in [4.69, 9.17) is 10.8 Å². The topological polar surface area (TPSA) is 272 Å². The van der Waals surface area contributed by atoms with E-state index in [1.165, 1.54) is 50.6 Å². The highest BCUT2D eigenvalue weighted by atomic mass is 32.2. The zero-order valence-corrected chi connectivity index (χ0v) is 51.2. The second kappa shape index (κ2) is 27.5. The van der Waals surface area contributed by atoms with Crippen molar-refractivity contribution in [2.75, 3.05) is 23.0 Å². The van der Waals surface area contributed by atoms with Gasteiger partial charge >= 0.3 is 0 Å². The van der Waals surface area contributed by atoms with E-state index >= 15 is 0 Å². The monoisotopic (exact) mass is 1130 g/mol. The van der Waals surface area contributed by atoms with E-state index in [0.29, 0.717) is 43.6 Å². The summed E-state index contributed by atoms with van der Waals surface area (Å²) >= 11 is 4.58. The third-order valence-electron chi connectivity index (χ3n) is 15.0. The van der Waals surface area contributed by atoms with E-state index in [1.54, 1.807) is 23.5 Å². The number of hydroxylamine groups is 6. The summed E-state index contributed by atoms with van der Waals surface area (Å²) in [4.78, 5) is 88.8. The van der Waals surface area contributed by atoms with Gasteiger partial charge in [-0.1, -0.05) is 0 Å². The first-order valence-corrected chi connectivity index (χ1v) is 30.2. The van der Waals surface area contributed by atoms with Gasteiger partial charge in [-0.05, 0) is 165 Å². The first kappa shape index (κ1) is 67.3. The minimum absolute atomic E-state index is 0.0635. The second-order valence-corrected chi connectivity index (χ2v) is 29.3. The van der Waals surface area contributed by atoms with Gasteiger partial charge < -0.3 is 26.3 Å². The largest absolute Gasteiger partial charge is 0.353 e. The Labute approximate surface area is 466 Å². The third-order valence-corrected chi connectivity index (χ3v) is 18.6. The van der Waals surface area contributed by atoms with Crippen LogP contribution in [0, 0.1) is 0 Å². The van der Waals surface area contributed by atoms with Crippen LogP contribution in [0.3, 0.4) is 0 Å². The number of nitrogens with one attached hydrogen (secondary N) is 2. The van der Waals surface area contributed by atoms with E-state index in [1.807, 2.05) is 96.9 Å². The molecule has 0 radical (unpaired) electrons. The van der Waals surface area contributed by atoms with Crippen molar-refractivity contribution < 1.29 is 60.0 Å². The van der Waals surface area contributed by atoms with Gasteiger partial charge in [0, 0.05) is 97.8 Å². The quantitative estimate of drug-likeness (QED) is 0.0510. The maximum absolute atomic E-state index is 13.0. The highest BCUT2D eigenvalue weighted by molar-refractivity contribution is 8.01. The standard InChI is InChI=1S/C20H33N3O5S.C18H31N3O3S.C16H31N3O2S/c1-12(24)15(21-13(2)25)7-8-29-16-9-17(26)22(18(16)27)14-10-19(3,4)23(28)20(5,6)11-14;1-12(19)7-6-8-25-14-9-15(22)20(16(14)23)13-10-17(2,3)21(24)18(4,5)11-13;1-12(17)7-6-8-22-11-14(20)18-13-9-15(2,3)19(21)16(4,5)10-13/h14-16,28H,7-11H2,1-6H3,(H,21,25);13-14,19,24H,6-11H2,1-5H3;13,17,21H,6-11H2,1-5H3,(H,18,20)/p+2. The van der Waals surface area contributed by atoms with Crippen molar-refractivity contribution in [3.8, 4) is 0 Å². The number of carbonyl (C=O) groups excluding carboxylic acids is 7. The second-order valence-electron chi connectivity index (χ2n) is 25.5. The van der Waals surface area contributed by atoms with E-state index < -0.39 is 33.4 Å². The number of Topliss-reactive ketones (excluding diaryl/α,β-unsaturated/α-hetero) is 1. The molecule has 3 unspecified atom stereocenters. The van der Waals surface area contributed by atoms with Gasteiger partial charge in [0.25, 0.3) is 0 Å². The third kappa shape index (κ3) is 18.8. The molecule has 434 valence electrons. The van der Waals surface area contributed by atoms with Crippen LogP contribution in [0.15, 0.2) is 0 Å². The number of thioether (sulfide) groups is 3. The average molecular weight is 1130 g/mol. The summed E-state index contributed by atoms with van der Waals surface area (Å²) in [5, 5.41) is 51.6. The molecule has 0 saturated carbocycles. The van der Waals surface area contributed by atoms with Crippen LogP contribution in [0.2, 0.25) is 0 Å². The molecule has 5 saturated heterocycles. The maximum atomic E-state index is 13.0. The SMILES string of the molecule is CC(=O)NC(CCSC1CC(=O)N(C2CC(C)(C)N(O)C(C)(C)C2)C1=O)C(C)=O.CC(=[NH2+])CCCSC1CC(=O)N(C2CC(C)(C)N(O)C(C)(C)C2)C1=O.CC(=[NH2+])CCCSCC(=O)NC1CC(C)(C)N(O)C(C)(C)C1. The van der Waals surface area contributed by atoms with Gasteiger partial charge in [-0.3, -0.25) is 54.2 Å². The number of carbonyl (C=O) groups is 7. The molecule has 5 fully saturated rings. The Hall–Kier alpha value is -2.96. The van der Waals surface area contributed by atoms with Crippen LogP contribution >= 0.6 is 35.3 Å². The average Bonchev–Trinajstić information content (AvgIpc) is 3.71. The molecule has 9 N–H and O–H groups in total. The van der Waals surface area contributed by atoms with Crippen molar-refractivity contribution in [1.29, 1.82) is 0 Å². The Balaban J connectivity index is 0.000000303. The number of imide groups is 2. The lowest BCUT2D eigenvalue weighted by atomic mass is 9.78. The van der Waals surface area contributed by atoms with Gasteiger partial charge in [0.15, 0.2) is 5.78 Å². The summed E-state index contributed by atoms with van der Waals surface area (Å²) in [5.74, 6) is 1.94. The van der Waals surface area contributed by atoms with Crippen LogP contribution in [0.5, 0.6) is 0 Å². The van der Waals surface area contributed by atoms with E-state index in [-0.39, 0.29) is 88.5 Å². The molecule has 0 spiro atoms. The summed E-state index contributed by atoms with van der Waals surface area (Å²) in [5.41, 5.74) is -0.875. The van der Waals surface area contributed by atoms with Gasteiger partial charge in [0.2, 0.25) is 35.4 Å². The van der Waals surface area contributed by atoms with Gasteiger partial charge in [-0.15, -0.1) is 23.5 Å². The maximum Gasteiger partial charge on any atom is 0.243 e. The Morgan fingerprint density at radius 2 is 0.934 bits per heavy atom. The van der Waals surface area contributed by atoms with E-state index in [9.17, 15) is 49.2 Å². The molecule has 76 heavy (non-hydrogen) atoms. The van der Waals surface area contributed by atoms with Crippen molar-refractivity contribution in [1.82, 2.24) is 35.6 Å². The van der Waals surface area contributed by atoms with Crippen LogP contribution in [-0.2, 0) is 33.6 Å². The molecule has 5 aliphatic heterocycles. The lowest BCUT2D eigenvalue weighted by molar-refractivity contribution is -0.250. The highest BCUT2D eigenvalue weighted by Crippen LogP contribution is 2.43. The first-order chi connectivity index (χ1) is 34.8. The zero-order chi connectivity index (χ0) is 58.1. The normalized spacial score (nSPS) is 25.0. The fraction of sp³-hybridized carbons (Fsp3) is 0.833. The number of nitrogens with zero attached hydrogens (tertiary/aromatic N) is 5. The smallest absolute Gasteiger partial charge is 0.243 e. The summed E-state index contributed by atoms with van der Waals surface area (Å²) in [6.45, 7) is 30.1. The number of hydrogen-bond acceptors (Lipinski definition) is 16. The van der Waals surface area contributed by atoms with Gasteiger partial charge in [-0.2, -0.15) is 27.0 Å². The van der Waals surface area contributed by atoms with Crippen molar-refractivity contribution in [3.05, 3.63) is 0 Å². The lowest BCUT2D eigenvalue weighted by Crippen LogP contribution is -2.63. The summed E-state index contributed by atoms with van der Waals surface area (Å²) in [6.07, 6.45) is 8.27. The molecule has 0 aromatic heterocycles. The Morgan fingerprint density at radius 3 is 1.29 bits per heavy atom. The van der Waals surface area contributed by atoms with Crippen LogP contribution in [-0.4, -0.2) is 184 Å². The molecule has 22 heteroatoms. The van der Waals surface area contributed by atoms with Crippen molar-refractivity contribution in [2.45, 2.75) is 262 Å². The molecule has 0 aromatic carbocycles. The van der Waals surface area contributed by atoms with Crippen LogP contribution in [0.4, 0.5) is 0 Å². The molecule has 19 nitrogen and oxygen atoms in total.